The molecule has 2 rings (SSSR count). The molecule has 0 radical (unpaired) electrons. The Hall–Kier alpha value is -1.92. The van der Waals surface area contributed by atoms with Crippen molar-refractivity contribution >= 4 is 17.4 Å². The second kappa shape index (κ2) is 7.57. The molecule has 0 amide bonds. The molecule has 0 aliphatic heterocycles. The van der Waals surface area contributed by atoms with Crippen molar-refractivity contribution in [3.05, 3.63) is 41.1 Å². The molecule has 0 unspecified atom stereocenters. The van der Waals surface area contributed by atoms with Gasteiger partial charge in [0.05, 0.1) is 6.54 Å². The number of carbonyl (C=O) groups excluding carboxylic acids is 1. The van der Waals surface area contributed by atoms with Gasteiger partial charge in [-0.3, -0.25) is 4.79 Å². The van der Waals surface area contributed by atoms with E-state index >= 15 is 0 Å². The molecule has 122 valence electrons. The summed E-state index contributed by atoms with van der Waals surface area (Å²) in [5.41, 5.74) is 1.08. The summed E-state index contributed by atoms with van der Waals surface area (Å²) in [7, 11) is 1.97. The van der Waals surface area contributed by atoms with Crippen LogP contribution in [0.25, 0.3) is 0 Å². The Morgan fingerprint density at radius 1 is 1.22 bits per heavy atom. The van der Waals surface area contributed by atoms with Gasteiger partial charge in [0.15, 0.2) is 5.78 Å². The van der Waals surface area contributed by atoms with Crippen molar-refractivity contribution in [3.8, 4) is 17.6 Å². The van der Waals surface area contributed by atoms with Gasteiger partial charge in [0.2, 0.25) is 0 Å². The maximum atomic E-state index is 11.8. The molecule has 0 aromatic heterocycles. The number of nitrogens with zero attached hydrogens (tertiary/aromatic N) is 1. The zero-order valence-corrected chi connectivity index (χ0v) is 14.6. The first kappa shape index (κ1) is 17.4. The maximum Gasteiger partial charge on any atom is 0.157 e. The lowest BCUT2D eigenvalue weighted by Gasteiger charge is -2.32. The molecule has 4 heteroatoms. The second-order valence-electron chi connectivity index (χ2n) is 6.57. The molecule has 0 N–H and O–H groups in total. The molecule has 1 aliphatic rings. The number of halogens is 1. The predicted molar refractivity (Wildman–Crippen MR) is 93.5 cm³/mol. The Kier molecular flexibility index (Phi) is 5.74. The van der Waals surface area contributed by atoms with Gasteiger partial charge in [-0.2, -0.15) is 0 Å². The first-order chi connectivity index (χ1) is 10.9. The van der Waals surface area contributed by atoms with E-state index in [0.29, 0.717) is 24.6 Å². The zero-order chi connectivity index (χ0) is 16.9. The molecule has 1 aromatic rings. The number of allylic oxidation sites excluding steroid dienone is 2. The van der Waals surface area contributed by atoms with E-state index in [-0.39, 0.29) is 11.2 Å². The van der Waals surface area contributed by atoms with E-state index in [1.165, 1.54) is 0 Å². The number of rotatable bonds is 4. The van der Waals surface area contributed by atoms with Gasteiger partial charge in [-0.25, -0.2) is 0 Å². The third-order valence-corrected chi connectivity index (χ3v) is 3.95. The largest absolute Gasteiger partial charge is 0.481 e. The average Bonchev–Trinajstić information content (AvgIpc) is 2.46. The van der Waals surface area contributed by atoms with Crippen molar-refractivity contribution < 1.29 is 9.53 Å². The summed E-state index contributed by atoms with van der Waals surface area (Å²) in [6, 6.07) is 7.20. The molecular formula is C19H22ClNO2. The molecule has 0 saturated heterocycles. The predicted octanol–water partition coefficient (Wildman–Crippen LogP) is 3.93. The lowest BCUT2D eigenvalue weighted by atomic mass is 9.78. The smallest absolute Gasteiger partial charge is 0.157 e. The van der Waals surface area contributed by atoms with Gasteiger partial charge < -0.3 is 9.64 Å². The molecule has 1 aromatic carbocycles. The van der Waals surface area contributed by atoms with Crippen LogP contribution in [-0.4, -0.2) is 30.9 Å². The van der Waals surface area contributed by atoms with Crippen molar-refractivity contribution in [2.75, 3.05) is 20.2 Å². The van der Waals surface area contributed by atoms with Crippen LogP contribution < -0.4 is 4.74 Å². The monoisotopic (exact) mass is 331 g/mol. The number of ketones is 1. The summed E-state index contributed by atoms with van der Waals surface area (Å²) in [5, 5.41) is 0.684. The highest BCUT2D eigenvalue weighted by atomic mass is 35.5. The Morgan fingerprint density at radius 2 is 1.91 bits per heavy atom. The first-order valence-corrected chi connectivity index (χ1v) is 8.02. The Morgan fingerprint density at radius 3 is 2.57 bits per heavy atom. The van der Waals surface area contributed by atoms with Crippen LogP contribution in [0.5, 0.6) is 5.75 Å². The Labute approximate surface area is 143 Å². The molecule has 0 atom stereocenters. The van der Waals surface area contributed by atoms with E-state index in [0.717, 1.165) is 17.9 Å². The average molecular weight is 332 g/mol. The van der Waals surface area contributed by atoms with E-state index in [1.54, 1.807) is 18.2 Å². The molecule has 23 heavy (non-hydrogen) atoms. The second-order valence-corrected chi connectivity index (χ2v) is 7.01. The topological polar surface area (TPSA) is 29.5 Å². The van der Waals surface area contributed by atoms with E-state index in [9.17, 15) is 4.79 Å². The van der Waals surface area contributed by atoms with Crippen LogP contribution >= 0.6 is 11.6 Å². The minimum atomic E-state index is 0.0283. The van der Waals surface area contributed by atoms with Gasteiger partial charge >= 0.3 is 0 Å². The molecule has 0 spiro atoms. The minimum Gasteiger partial charge on any atom is -0.481 e. The molecule has 0 bridgehead atoms. The Balaban J connectivity index is 1.82. The fraction of sp³-hybridized carbons (Fsp3) is 0.421. The SMILES string of the molecule is CN(CC#CCOc1ccc(Cl)cc1)C1=CC(=O)CC(C)(C)C1. The van der Waals surface area contributed by atoms with Crippen molar-refractivity contribution in [3.63, 3.8) is 0 Å². The molecule has 0 saturated carbocycles. The highest BCUT2D eigenvalue weighted by Gasteiger charge is 2.28. The highest BCUT2D eigenvalue weighted by molar-refractivity contribution is 6.30. The van der Waals surface area contributed by atoms with Gasteiger partial charge in [-0.15, -0.1) is 0 Å². The first-order valence-electron chi connectivity index (χ1n) is 7.64. The lowest BCUT2D eigenvalue weighted by Crippen LogP contribution is -2.29. The van der Waals surface area contributed by atoms with Crippen molar-refractivity contribution in [1.82, 2.24) is 4.90 Å². The Bertz CT molecular complexity index is 650. The summed E-state index contributed by atoms with van der Waals surface area (Å²) in [6.45, 7) is 5.16. The van der Waals surface area contributed by atoms with Gasteiger partial charge in [-0.1, -0.05) is 37.3 Å². The van der Waals surface area contributed by atoms with E-state index in [1.807, 2.05) is 24.1 Å². The number of hydrogen-bond donors (Lipinski definition) is 0. The summed E-state index contributed by atoms with van der Waals surface area (Å²) >= 11 is 5.82. The van der Waals surface area contributed by atoms with Crippen LogP contribution in [-0.2, 0) is 4.79 Å². The molecule has 0 heterocycles. The summed E-state index contributed by atoms with van der Waals surface area (Å²) in [4.78, 5) is 13.8. The van der Waals surface area contributed by atoms with Gasteiger partial charge in [0, 0.05) is 30.3 Å². The number of hydrogen-bond acceptors (Lipinski definition) is 3. The molecule has 1 aliphatic carbocycles. The van der Waals surface area contributed by atoms with Gasteiger partial charge in [0.25, 0.3) is 0 Å². The van der Waals surface area contributed by atoms with Gasteiger partial charge in [-0.05, 0) is 36.1 Å². The fourth-order valence-electron chi connectivity index (χ4n) is 2.53. The van der Waals surface area contributed by atoms with Crippen LogP contribution in [0.3, 0.4) is 0 Å². The standard InChI is InChI=1S/C19H22ClNO2/c1-19(2)13-16(12-17(22)14-19)21(3)10-4-5-11-23-18-8-6-15(20)7-9-18/h6-9,12H,10-11,13-14H2,1-3H3. The van der Waals surface area contributed by atoms with Crippen LogP contribution in [0.1, 0.15) is 26.7 Å². The third-order valence-electron chi connectivity index (χ3n) is 3.70. The normalized spacial score (nSPS) is 16.2. The zero-order valence-electron chi connectivity index (χ0n) is 13.9. The lowest BCUT2D eigenvalue weighted by molar-refractivity contribution is -0.117. The molecule has 3 nitrogen and oxygen atoms in total. The minimum absolute atomic E-state index is 0.0283. The van der Waals surface area contributed by atoms with Crippen LogP contribution in [0, 0.1) is 17.3 Å². The fourth-order valence-corrected chi connectivity index (χ4v) is 2.66. The van der Waals surface area contributed by atoms with Crippen LogP contribution in [0.2, 0.25) is 5.02 Å². The van der Waals surface area contributed by atoms with E-state index in [2.05, 4.69) is 25.7 Å². The highest BCUT2D eigenvalue weighted by Crippen LogP contribution is 2.34. The summed E-state index contributed by atoms with van der Waals surface area (Å²) in [6.07, 6.45) is 3.26. The number of ether oxygens (including phenoxy) is 1. The number of benzene rings is 1. The van der Waals surface area contributed by atoms with E-state index < -0.39 is 0 Å². The van der Waals surface area contributed by atoms with E-state index in [4.69, 9.17) is 16.3 Å². The van der Waals surface area contributed by atoms with Crippen molar-refractivity contribution in [2.45, 2.75) is 26.7 Å². The van der Waals surface area contributed by atoms with Crippen molar-refractivity contribution in [1.29, 1.82) is 0 Å². The molecule has 0 fully saturated rings. The van der Waals surface area contributed by atoms with Gasteiger partial charge in [0.1, 0.15) is 12.4 Å². The summed E-state index contributed by atoms with van der Waals surface area (Å²) in [5.74, 6) is 7.02. The molecular weight excluding hydrogens is 310 g/mol. The van der Waals surface area contributed by atoms with Crippen LogP contribution in [0.4, 0.5) is 0 Å². The van der Waals surface area contributed by atoms with Crippen LogP contribution in [0.15, 0.2) is 36.0 Å². The third kappa shape index (κ3) is 5.65. The van der Waals surface area contributed by atoms with Crippen molar-refractivity contribution in [2.24, 2.45) is 5.41 Å². The maximum absolute atomic E-state index is 11.8. The quantitative estimate of drug-likeness (QED) is 0.783. The summed E-state index contributed by atoms with van der Waals surface area (Å²) < 4.78 is 5.52. The number of carbonyl (C=O) groups is 1.